The van der Waals surface area contributed by atoms with Crippen LogP contribution in [0.5, 0.6) is 0 Å². The Morgan fingerprint density at radius 3 is 2.54 bits per heavy atom. The first-order valence-corrected chi connectivity index (χ1v) is 7.90. The molecule has 0 saturated heterocycles. The SMILES string of the molecule is O=c1nc(C=Cc2ccc(-c3ccc(Cl)cc3Cl)o2)cc(C(F)(F)F)[nH]1. The lowest BCUT2D eigenvalue weighted by Gasteiger charge is -2.05. The molecule has 3 rings (SSSR count). The third kappa shape index (κ3) is 4.17. The fourth-order valence-electron chi connectivity index (χ4n) is 2.16. The summed E-state index contributed by atoms with van der Waals surface area (Å²) in [5.41, 5.74) is -1.80. The van der Waals surface area contributed by atoms with Crippen LogP contribution in [0.1, 0.15) is 17.1 Å². The van der Waals surface area contributed by atoms with Crippen molar-refractivity contribution < 1.29 is 17.6 Å². The van der Waals surface area contributed by atoms with Gasteiger partial charge in [0.15, 0.2) is 0 Å². The maximum absolute atomic E-state index is 12.7. The summed E-state index contributed by atoms with van der Waals surface area (Å²) in [6.07, 6.45) is -2.03. The zero-order valence-electron chi connectivity index (χ0n) is 12.8. The molecule has 0 fully saturated rings. The van der Waals surface area contributed by atoms with Crippen molar-refractivity contribution in [3.05, 3.63) is 74.1 Å². The average molecular weight is 401 g/mol. The number of alkyl halides is 3. The predicted octanol–water partition coefficient (Wildman–Crippen LogP) is 5.53. The number of furan rings is 1. The predicted molar refractivity (Wildman–Crippen MR) is 93.0 cm³/mol. The highest BCUT2D eigenvalue weighted by Crippen LogP contribution is 2.32. The third-order valence-corrected chi connectivity index (χ3v) is 3.86. The van der Waals surface area contributed by atoms with Gasteiger partial charge in [0.05, 0.1) is 10.7 Å². The molecule has 1 N–H and O–H groups in total. The molecule has 3 aromatic rings. The zero-order chi connectivity index (χ0) is 18.9. The molecule has 0 bridgehead atoms. The molecule has 4 nitrogen and oxygen atoms in total. The maximum Gasteiger partial charge on any atom is 0.431 e. The number of nitrogens with one attached hydrogen (secondary N) is 1. The average Bonchev–Trinajstić information content (AvgIpc) is 3.00. The molecule has 2 aromatic heterocycles. The number of nitrogens with zero attached hydrogens (tertiary/aromatic N) is 1. The molecule has 0 aliphatic carbocycles. The van der Waals surface area contributed by atoms with Gasteiger partial charge in [0.2, 0.25) is 0 Å². The van der Waals surface area contributed by atoms with E-state index in [0.717, 1.165) is 6.07 Å². The second-order valence-electron chi connectivity index (χ2n) is 5.18. The summed E-state index contributed by atoms with van der Waals surface area (Å²) in [6.45, 7) is 0. The van der Waals surface area contributed by atoms with Crippen molar-refractivity contribution in [1.82, 2.24) is 9.97 Å². The van der Waals surface area contributed by atoms with Crippen LogP contribution in [0.4, 0.5) is 13.2 Å². The number of aromatic amines is 1. The van der Waals surface area contributed by atoms with Crippen LogP contribution in [-0.4, -0.2) is 9.97 Å². The van der Waals surface area contributed by atoms with E-state index in [1.807, 2.05) is 0 Å². The van der Waals surface area contributed by atoms with Gasteiger partial charge in [0.25, 0.3) is 0 Å². The van der Waals surface area contributed by atoms with E-state index in [0.29, 0.717) is 27.1 Å². The summed E-state index contributed by atoms with van der Waals surface area (Å²) >= 11 is 12.0. The van der Waals surface area contributed by atoms with Gasteiger partial charge in [-0.05, 0) is 48.6 Å². The van der Waals surface area contributed by atoms with Gasteiger partial charge in [-0.25, -0.2) is 4.79 Å². The normalized spacial score (nSPS) is 12.0. The summed E-state index contributed by atoms with van der Waals surface area (Å²) in [5, 5.41) is 0.875. The Bertz CT molecular complexity index is 1040. The first kappa shape index (κ1) is 18.3. The number of aromatic nitrogens is 2. The summed E-state index contributed by atoms with van der Waals surface area (Å²) in [4.78, 5) is 16.4. The highest BCUT2D eigenvalue weighted by atomic mass is 35.5. The largest absolute Gasteiger partial charge is 0.457 e. The summed E-state index contributed by atoms with van der Waals surface area (Å²) in [5.74, 6) is 0.808. The van der Waals surface area contributed by atoms with Crippen molar-refractivity contribution in [1.29, 1.82) is 0 Å². The summed E-state index contributed by atoms with van der Waals surface area (Å²) in [6, 6.07) is 8.90. The Kier molecular flexibility index (Phi) is 4.93. The van der Waals surface area contributed by atoms with Crippen molar-refractivity contribution in [2.45, 2.75) is 6.18 Å². The molecule has 0 spiro atoms. The van der Waals surface area contributed by atoms with E-state index in [1.165, 1.54) is 12.2 Å². The fraction of sp³-hybridized carbons (Fsp3) is 0.0588. The Balaban J connectivity index is 1.88. The van der Waals surface area contributed by atoms with Gasteiger partial charge in [-0.3, -0.25) is 0 Å². The quantitative estimate of drug-likeness (QED) is 0.628. The molecule has 0 aliphatic heterocycles. The van der Waals surface area contributed by atoms with Gasteiger partial charge in [-0.2, -0.15) is 18.2 Å². The molecular weight excluding hydrogens is 392 g/mol. The van der Waals surface area contributed by atoms with Crippen molar-refractivity contribution in [2.24, 2.45) is 0 Å². The van der Waals surface area contributed by atoms with Crippen LogP contribution in [0.2, 0.25) is 10.0 Å². The molecule has 0 amide bonds. The van der Waals surface area contributed by atoms with Crippen molar-refractivity contribution >= 4 is 35.4 Å². The minimum absolute atomic E-state index is 0.149. The Labute approximate surface area is 154 Å². The Morgan fingerprint density at radius 1 is 1.08 bits per heavy atom. The van der Waals surface area contributed by atoms with E-state index < -0.39 is 17.6 Å². The molecule has 2 heterocycles. The fourth-order valence-corrected chi connectivity index (χ4v) is 2.66. The van der Waals surface area contributed by atoms with Gasteiger partial charge in [0, 0.05) is 10.6 Å². The monoisotopic (exact) mass is 400 g/mol. The second kappa shape index (κ2) is 7.01. The minimum Gasteiger partial charge on any atom is -0.457 e. The number of H-pyrrole nitrogens is 1. The molecule has 134 valence electrons. The molecule has 1 aromatic carbocycles. The summed E-state index contributed by atoms with van der Waals surface area (Å²) in [7, 11) is 0. The summed E-state index contributed by atoms with van der Waals surface area (Å²) < 4.78 is 43.7. The highest BCUT2D eigenvalue weighted by Gasteiger charge is 2.32. The smallest absolute Gasteiger partial charge is 0.431 e. The molecule has 0 atom stereocenters. The van der Waals surface area contributed by atoms with Gasteiger partial charge in [0.1, 0.15) is 17.2 Å². The number of benzene rings is 1. The van der Waals surface area contributed by atoms with E-state index in [1.54, 1.807) is 35.3 Å². The number of rotatable bonds is 3. The third-order valence-electron chi connectivity index (χ3n) is 3.31. The Hall–Kier alpha value is -2.51. The number of halogens is 5. The van der Waals surface area contributed by atoms with E-state index in [4.69, 9.17) is 27.6 Å². The first-order valence-electron chi connectivity index (χ1n) is 7.14. The molecule has 9 heteroatoms. The van der Waals surface area contributed by atoms with E-state index in [-0.39, 0.29) is 5.69 Å². The maximum atomic E-state index is 12.7. The standard InChI is InChI=1S/C17H9Cl2F3N2O2/c18-9-1-5-12(13(19)7-9)14-6-4-11(26-14)3-2-10-8-15(17(20,21)22)24-16(25)23-10/h1-8H,(H,23,24,25). The molecule has 0 radical (unpaired) electrons. The minimum atomic E-state index is -4.67. The van der Waals surface area contributed by atoms with Crippen LogP contribution in [-0.2, 0) is 6.18 Å². The van der Waals surface area contributed by atoms with Gasteiger partial charge >= 0.3 is 11.9 Å². The van der Waals surface area contributed by atoms with Crippen LogP contribution >= 0.6 is 23.2 Å². The molecule has 0 saturated carbocycles. The second-order valence-corrected chi connectivity index (χ2v) is 6.03. The number of hydrogen-bond acceptors (Lipinski definition) is 3. The van der Waals surface area contributed by atoms with E-state index >= 15 is 0 Å². The topological polar surface area (TPSA) is 58.9 Å². The van der Waals surface area contributed by atoms with Crippen LogP contribution < -0.4 is 5.69 Å². The Morgan fingerprint density at radius 2 is 1.85 bits per heavy atom. The van der Waals surface area contributed by atoms with Gasteiger partial charge in [-0.15, -0.1) is 0 Å². The number of hydrogen-bond donors (Lipinski definition) is 1. The van der Waals surface area contributed by atoms with Crippen molar-refractivity contribution in [2.75, 3.05) is 0 Å². The van der Waals surface area contributed by atoms with Crippen molar-refractivity contribution in [3.8, 4) is 11.3 Å². The molecule has 0 aliphatic rings. The first-order chi connectivity index (χ1) is 12.2. The zero-order valence-corrected chi connectivity index (χ0v) is 14.3. The van der Waals surface area contributed by atoms with Crippen LogP contribution in [0, 0.1) is 0 Å². The lowest BCUT2D eigenvalue weighted by Crippen LogP contribution is -2.19. The van der Waals surface area contributed by atoms with Crippen molar-refractivity contribution in [3.63, 3.8) is 0 Å². The lowest BCUT2D eigenvalue weighted by molar-refractivity contribution is -0.141. The highest BCUT2D eigenvalue weighted by molar-refractivity contribution is 6.36. The van der Waals surface area contributed by atoms with Gasteiger partial charge < -0.3 is 9.40 Å². The molecular formula is C17H9Cl2F3N2O2. The van der Waals surface area contributed by atoms with E-state index in [2.05, 4.69) is 4.98 Å². The van der Waals surface area contributed by atoms with E-state index in [9.17, 15) is 18.0 Å². The molecule has 0 unspecified atom stereocenters. The van der Waals surface area contributed by atoms with Crippen LogP contribution in [0.25, 0.3) is 23.5 Å². The van der Waals surface area contributed by atoms with Gasteiger partial charge in [-0.1, -0.05) is 23.2 Å². The molecule has 26 heavy (non-hydrogen) atoms. The lowest BCUT2D eigenvalue weighted by atomic mass is 10.2. The van der Waals surface area contributed by atoms with Crippen LogP contribution in [0.3, 0.4) is 0 Å². The van der Waals surface area contributed by atoms with Crippen LogP contribution in [0.15, 0.2) is 45.6 Å².